The van der Waals surface area contributed by atoms with E-state index in [2.05, 4.69) is 22.7 Å². The molecule has 2 amide bonds. The molecular formula is C10H22N4O2. The van der Waals surface area contributed by atoms with Gasteiger partial charge in [-0.2, -0.15) is 0 Å². The Balaban J connectivity index is 4.03. The standard InChI is InChI=1S/C10H22N4O2/c1-3-5-7-12-10(15)13-8(6-4-2)9(11)14-16/h8,16H,3-7H2,1-2H3,(H2,11,14)(H2,12,13,15). The molecule has 1 unspecified atom stereocenters. The molecule has 0 spiro atoms. The number of nitrogens with one attached hydrogen (secondary N) is 2. The molecule has 0 rings (SSSR count). The summed E-state index contributed by atoms with van der Waals surface area (Å²) in [7, 11) is 0. The lowest BCUT2D eigenvalue weighted by Crippen LogP contribution is -2.48. The average Bonchev–Trinajstić information content (AvgIpc) is 2.28. The Morgan fingerprint density at radius 1 is 1.44 bits per heavy atom. The van der Waals surface area contributed by atoms with Gasteiger partial charge in [-0.05, 0) is 12.8 Å². The fraction of sp³-hybridized carbons (Fsp3) is 0.800. The van der Waals surface area contributed by atoms with Crippen LogP contribution in [-0.2, 0) is 0 Å². The number of nitrogens with zero attached hydrogens (tertiary/aromatic N) is 1. The van der Waals surface area contributed by atoms with E-state index in [0.717, 1.165) is 19.3 Å². The van der Waals surface area contributed by atoms with Crippen LogP contribution in [0.3, 0.4) is 0 Å². The zero-order valence-electron chi connectivity index (χ0n) is 9.99. The van der Waals surface area contributed by atoms with Crippen molar-refractivity contribution in [3.05, 3.63) is 0 Å². The third kappa shape index (κ3) is 6.10. The summed E-state index contributed by atoms with van der Waals surface area (Å²) in [5, 5.41) is 16.8. The summed E-state index contributed by atoms with van der Waals surface area (Å²) in [6.07, 6.45) is 3.46. The first kappa shape index (κ1) is 14.5. The molecule has 0 bridgehead atoms. The van der Waals surface area contributed by atoms with Crippen molar-refractivity contribution in [1.29, 1.82) is 0 Å². The minimum atomic E-state index is -0.406. The van der Waals surface area contributed by atoms with Crippen molar-refractivity contribution in [2.45, 2.75) is 45.6 Å². The average molecular weight is 230 g/mol. The van der Waals surface area contributed by atoms with E-state index in [0.29, 0.717) is 13.0 Å². The molecule has 0 radical (unpaired) electrons. The second-order valence-corrected chi connectivity index (χ2v) is 3.62. The molecule has 0 saturated heterocycles. The first-order chi connectivity index (χ1) is 7.65. The van der Waals surface area contributed by atoms with Crippen molar-refractivity contribution >= 4 is 11.9 Å². The number of unbranched alkanes of at least 4 members (excludes halogenated alkanes) is 1. The van der Waals surface area contributed by atoms with Gasteiger partial charge < -0.3 is 21.6 Å². The third-order valence-corrected chi connectivity index (χ3v) is 2.17. The van der Waals surface area contributed by atoms with E-state index >= 15 is 0 Å². The van der Waals surface area contributed by atoms with Crippen LogP contribution in [0, 0.1) is 0 Å². The smallest absolute Gasteiger partial charge is 0.315 e. The maximum absolute atomic E-state index is 11.4. The van der Waals surface area contributed by atoms with Crippen LogP contribution in [-0.4, -0.2) is 29.7 Å². The molecule has 0 aromatic rings. The van der Waals surface area contributed by atoms with Gasteiger partial charge in [-0.15, -0.1) is 0 Å². The molecule has 0 saturated carbocycles. The molecular weight excluding hydrogens is 208 g/mol. The largest absolute Gasteiger partial charge is 0.409 e. The number of oxime groups is 1. The summed E-state index contributed by atoms with van der Waals surface area (Å²) in [4.78, 5) is 11.4. The SMILES string of the molecule is CCCCNC(=O)NC(CCC)/C(N)=N/O. The van der Waals surface area contributed by atoms with Gasteiger partial charge in [-0.1, -0.05) is 31.8 Å². The van der Waals surface area contributed by atoms with Gasteiger partial charge in [0.25, 0.3) is 0 Å². The normalized spacial score (nSPS) is 13.2. The van der Waals surface area contributed by atoms with E-state index in [1.165, 1.54) is 0 Å². The quantitative estimate of drug-likeness (QED) is 0.172. The van der Waals surface area contributed by atoms with Gasteiger partial charge in [0.2, 0.25) is 0 Å². The Kier molecular flexibility index (Phi) is 8.01. The Labute approximate surface area is 96.3 Å². The highest BCUT2D eigenvalue weighted by Gasteiger charge is 2.15. The van der Waals surface area contributed by atoms with Gasteiger partial charge in [0.1, 0.15) is 0 Å². The second kappa shape index (κ2) is 8.82. The van der Waals surface area contributed by atoms with Gasteiger partial charge in [0.05, 0.1) is 6.04 Å². The highest BCUT2D eigenvalue weighted by molar-refractivity contribution is 5.89. The fourth-order valence-corrected chi connectivity index (χ4v) is 1.24. The Bertz CT molecular complexity index is 231. The van der Waals surface area contributed by atoms with E-state index in [-0.39, 0.29) is 11.9 Å². The van der Waals surface area contributed by atoms with Gasteiger partial charge in [0.15, 0.2) is 5.84 Å². The number of nitrogens with two attached hydrogens (primary N) is 1. The molecule has 0 aliphatic carbocycles. The van der Waals surface area contributed by atoms with E-state index in [1.54, 1.807) is 0 Å². The molecule has 6 nitrogen and oxygen atoms in total. The Morgan fingerprint density at radius 2 is 2.12 bits per heavy atom. The van der Waals surface area contributed by atoms with Crippen molar-refractivity contribution in [3.63, 3.8) is 0 Å². The molecule has 0 aliphatic heterocycles. The van der Waals surface area contributed by atoms with Crippen molar-refractivity contribution in [3.8, 4) is 0 Å². The lowest BCUT2D eigenvalue weighted by molar-refractivity contribution is 0.238. The van der Waals surface area contributed by atoms with Crippen LogP contribution in [0.25, 0.3) is 0 Å². The monoisotopic (exact) mass is 230 g/mol. The molecule has 0 aromatic heterocycles. The topological polar surface area (TPSA) is 99.7 Å². The summed E-state index contributed by atoms with van der Waals surface area (Å²) in [6, 6.07) is -0.685. The number of hydrogen-bond acceptors (Lipinski definition) is 3. The predicted octanol–water partition coefficient (Wildman–Crippen LogP) is 1.00. The summed E-state index contributed by atoms with van der Waals surface area (Å²) >= 11 is 0. The molecule has 6 heteroatoms. The van der Waals surface area contributed by atoms with Crippen molar-refractivity contribution in [1.82, 2.24) is 10.6 Å². The van der Waals surface area contributed by atoms with Crippen molar-refractivity contribution < 1.29 is 10.0 Å². The molecule has 94 valence electrons. The molecule has 0 aliphatic rings. The zero-order valence-corrected chi connectivity index (χ0v) is 9.99. The summed E-state index contributed by atoms with van der Waals surface area (Å²) in [6.45, 7) is 4.65. The molecule has 5 N–H and O–H groups in total. The van der Waals surface area contributed by atoms with Crippen molar-refractivity contribution in [2.75, 3.05) is 6.54 Å². The number of hydrogen-bond donors (Lipinski definition) is 4. The van der Waals surface area contributed by atoms with Gasteiger partial charge >= 0.3 is 6.03 Å². The van der Waals surface area contributed by atoms with Crippen LogP contribution in [0.2, 0.25) is 0 Å². The highest BCUT2D eigenvalue weighted by atomic mass is 16.4. The minimum absolute atomic E-state index is 0.0347. The third-order valence-electron chi connectivity index (χ3n) is 2.17. The first-order valence-corrected chi connectivity index (χ1v) is 5.67. The summed E-state index contributed by atoms with van der Waals surface area (Å²) in [5.41, 5.74) is 5.46. The summed E-state index contributed by atoms with van der Waals surface area (Å²) < 4.78 is 0. The van der Waals surface area contributed by atoms with Crippen LogP contribution >= 0.6 is 0 Å². The van der Waals surface area contributed by atoms with Crippen LogP contribution in [0.4, 0.5) is 4.79 Å². The Morgan fingerprint density at radius 3 is 2.62 bits per heavy atom. The number of amides is 2. The lowest BCUT2D eigenvalue weighted by Gasteiger charge is -2.16. The maximum Gasteiger partial charge on any atom is 0.315 e. The highest BCUT2D eigenvalue weighted by Crippen LogP contribution is 1.96. The van der Waals surface area contributed by atoms with Gasteiger partial charge in [-0.25, -0.2) is 4.79 Å². The number of carbonyl (C=O) groups is 1. The zero-order chi connectivity index (χ0) is 12.4. The van der Waals surface area contributed by atoms with Gasteiger partial charge in [-0.3, -0.25) is 0 Å². The van der Waals surface area contributed by atoms with Gasteiger partial charge in [0, 0.05) is 6.54 Å². The van der Waals surface area contributed by atoms with E-state index in [9.17, 15) is 4.79 Å². The lowest BCUT2D eigenvalue weighted by atomic mass is 10.1. The van der Waals surface area contributed by atoms with Crippen molar-refractivity contribution in [2.24, 2.45) is 10.9 Å². The Hall–Kier alpha value is -1.46. The minimum Gasteiger partial charge on any atom is -0.409 e. The predicted molar refractivity (Wildman–Crippen MR) is 63.5 cm³/mol. The van der Waals surface area contributed by atoms with E-state index in [1.807, 2.05) is 6.92 Å². The molecule has 0 aromatic carbocycles. The molecule has 1 atom stereocenters. The summed E-state index contributed by atoms with van der Waals surface area (Å²) in [5.74, 6) is 0.0347. The van der Waals surface area contributed by atoms with Crippen LogP contribution < -0.4 is 16.4 Å². The number of carbonyl (C=O) groups excluding carboxylic acids is 1. The molecule has 0 heterocycles. The second-order valence-electron chi connectivity index (χ2n) is 3.62. The van der Waals surface area contributed by atoms with Crippen LogP contribution in [0.5, 0.6) is 0 Å². The van der Waals surface area contributed by atoms with Crippen LogP contribution in [0.15, 0.2) is 5.16 Å². The number of urea groups is 1. The molecule has 0 fully saturated rings. The maximum atomic E-state index is 11.4. The van der Waals surface area contributed by atoms with E-state index in [4.69, 9.17) is 10.9 Å². The number of rotatable bonds is 7. The number of amidine groups is 1. The fourth-order valence-electron chi connectivity index (χ4n) is 1.24. The first-order valence-electron chi connectivity index (χ1n) is 5.67. The molecule has 16 heavy (non-hydrogen) atoms. The van der Waals surface area contributed by atoms with E-state index < -0.39 is 6.04 Å². The van der Waals surface area contributed by atoms with Crippen LogP contribution in [0.1, 0.15) is 39.5 Å².